The molecule has 0 saturated carbocycles. The molecule has 1 saturated heterocycles. The minimum Gasteiger partial charge on any atom is -0.349 e. The SMILES string of the molecule is Cc1cc(C[C@@H](C)NC(=O)c2cccc(CC3CCNCC3)c2)n[nH]1. The van der Waals surface area contributed by atoms with Crippen LogP contribution in [0.5, 0.6) is 0 Å². The summed E-state index contributed by atoms with van der Waals surface area (Å²) in [7, 11) is 0. The minimum atomic E-state index is -0.00748. The normalized spacial score (nSPS) is 16.6. The lowest BCUT2D eigenvalue weighted by molar-refractivity contribution is 0.0940. The summed E-state index contributed by atoms with van der Waals surface area (Å²) >= 11 is 0. The Morgan fingerprint density at radius 2 is 2.12 bits per heavy atom. The zero-order chi connectivity index (χ0) is 17.6. The third kappa shape index (κ3) is 5.16. The van der Waals surface area contributed by atoms with E-state index in [0.29, 0.717) is 0 Å². The van der Waals surface area contributed by atoms with Crippen molar-refractivity contribution in [1.29, 1.82) is 0 Å². The topological polar surface area (TPSA) is 69.8 Å². The average molecular weight is 340 g/mol. The van der Waals surface area contributed by atoms with E-state index in [9.17, 15) is 4.79 Å². The molecule has 25 heavy (non-hydrogen) atoms. The number of rotatable bonds is 6. The van der Waals surface area contributed by atoms with Crippen molar-refractivity contribution in [3.8, 4) is 0 Å². The van der Waals surface area contributed by atoms with Gasteiger partial charge in [-0.25, -0.2) is 0 Å². The fourth-order valence-electron chi connectivity index (χ4n) is 3.51. The Morgan fingerprint density at radius 1 is 1.32 bits per heavy atom. The molecule has 0 radical (unpaired) electrons. The molecule has 134 valence electrons. The van der Waals surface area contributed by atoms with Crippen molar-refractivity contribution < 1.29 is 4.79 Å². The molecule has 1 fully saturated rings. The molecule has 2 aromatic rings. The number of nitrogens with one attached hydrogen (secondary N) is 3. The van der Waals surface area contributed by atoms with Gasteiger partial charge in [0, 0.05) is 23.7 Å². The number of carbonyl (C=O) groups is 1. The number of hydrogen-bond donors (Lipinski definition) is 3. The van der Waals surface area contributed by atoms with Crippen molar-refractivity contribution in [1.82, 2.24) is 20.8 Å². The number of aromatic nitrogens is 2. The number of nitrogens with zero attached hydrogens (tertiary/aromatic N) is 1. The molecule has 1 aliphatic rings. The number of aromatic amines is 1. The lowest BCUT2D eigenvalue weighted by atomic mass is 9.90. The van der Waals surface area contributed by atoms with Gasteiger partial charge >= 0.3 is 0 Å². The monoisotopic (exact) mass is 340 g/mol. The molecule has 5 heteroatoms. The Balaban J connectivity index is 1.56. The van der Waals surface area contributed by atoms with E-state index in [1.54, 1.807) is 0 Å². The molecule has 2 heterocycles. The summed E-state index contributed by atoms with van der Waals surface area (Å²) in [5.41, 5.74) is 4.02. The molecule has 3 N–H and O–H groups in total. The molecule has 1 atom stereocenters. The molecule has 0 bridgehead atoms. The molecule has 5 nitrogen and oxygen atoms in total. The maximum Gasteiger partial charge on any atom is 0.251 e. The van der Waals surface area contributed by atoms with E-state index in [2.05, 4.69) is 26.9 Å². The molecular formula is C20H28N4O. The van der Waals surface area contributed by atoms with Crippen LogP contribution in [0.1, 0.15) is 47.1 Å². The summed E-state index contributed by atoms with van der Waals surface area (Å²) in [4.78, 5) is 12.5. The van der Waals surface area contributed by atoms with Gasteiger partial charge in [0.1, 0.15) is 0 Å². The standard InChI is InChI=1S/C20H28N4O/c1-14(10-19-11-15(2)23-24-19)22-20(25)18-5-3-4-17(13-18)12-16-6-8-21-9-7-16/h3-5,11,13-14,16,21H,6-10,12H2,1-2H3,(H,22,25)(H,23,24)/t14-/m1/s1. The van der Waals surface area contributed by atoms with Gasteiger partial charge in [-0.1, -0.05) is 12.1 Å². The number of amides is 1. The van der Waals surface area contributed by atoms with Crippen LogP contribution >= 0.6 is 0 Å². The van der Waals surface area contributed by atoms with Crippen molar-refractivity contribution in [2.24, 2.45) is 5.92 Å². The Morgan fingerprint density at radius 3 is 2.84 bits per heavy atom. The van der Waals surface area contributed by atoms with Crippen LogP contribution < -0.4 is 10.6 Å². The first kappa shape index (κ1) is 17.7. The molecule has 3 rings (SSSR count). The number of piperidine rings is 1. The Bertz CT molecular complexity index is 703. The van der Waals surface area contributed by atoms with Gasteiger partial charge in [0.2, 0.25) is 0 Å². The predicted molar refractivity (Wildman–Crippen MR) is 99.7 cm³/mol. The fraction of sp³-hybridized carbons (Fsp3) is 0.500. The highest BCUT2D eigenvalue weighted by atomic mass is 16.1. The first-order valence-electron chi connectivity index (χ1n) is 9.21. The van der Waals surface area contributed by atoms with Crippen LogP contribution in [0.15, 0.2) is 30.3 Å². The van der Waals surface area contributed by atoms with Gasteiger partial charge < -0.3 is 10.6 Å². The average Bonchev–Trinajstić information content (AvgIpc) is 3.00. The van der Waals surface area contributed by atoms with E-state index in [1.807, 2.05) is 38.1 Å². The van der Waals surface area contributed by atoms with Gasteiger partial charge in [0.05, 0.1) is 5.69 Å². The van der Waals surface area contributed by atoms with E-state index in [1.165, 1.54) is 18.4 Å². The predicted octanol–water partition coefficient (Wildman–Crippen LogP) is 2.62. The second-order valence-electron chi connectivity index (χ2n) is 7.22. The zero-order valence-electron chi connectivity index (χ0n) is 15.1. The summed E-state index contributed by atoms with van der Waals surface area (Å²) in [5.74, 6) is 0.716. The summed E-state index contributed by atoms with van der Waals surface area (Å²) in [5, 5.41) is 13.7. The molecular weight excluding hydrogens is 312 g/mol. The van der Waals surface area contributed by atoms with Crippen LogP contribution in [-0.2, 0) is 12.8 Å². The molecule has 0 unspecified atom stereocenters. The van der Waals surface area contributed by atoms with Crippen molar-refractivity contribution in [3.63, 3.8) is 0 Å². The Hall–Kier alpha value is -2.14. The highest BCUT2D eigenvalue weighted by molar-refractivity contribution is 5.94. The highest BCUT2D eigenvalue weighted by Gasteiger charge is 2.15. The molecule has 1 aromatic heterocycles. The van der Waals surface area contributed by atoms with Gasteiger partial charge in [-0.05, 0) is 75.9 Å². The molecule has 1 amide bonds. The number of hydrogen-bond acceptors (Lipinski definition) is 3. The van der Waals surface area contributed by atoms with Crippen LogP contribution in [0, 0.1) is 12.8 Å². The van der Waals surface area contributed by atoms with E-state index in [4.69, 9.17) is 0 Å². The second kappa shape index (κ2) is 8.30. The largest absolute Gasteiger partial charge is 0.349 e. The number of aryl methyl sites for hydroxylation is 1. The second-order valence-corrected chi connectivity index (χ2v) is 7.22. The number of carbonyl (C=O) groups excluding carboxylic acids is 1. The quantitative estimate of drug-likeness (QED) is 0.757. The van der Waals surface area contributed by atoms with Crippen LogP contribution in [0.25, 0.3) is 0 Å². The van der Waals surface area contributed by atoms with Crippen LogP contribution in [0.3, 0.4) is 0 Å². The lowest BCUT2D eigenvalue weighted by Gasteiger charge is -2.22. The summed E-state index contributed by atoms with van der Waals surface area (Å²) in [6, 6.07) is 10.1. The smallest absolute Gasteiger partial charge is 0.251 e. The summed E-state index contributed by atoms with van der Waals surface area (Å²) in [6.45, 7) is 6.21. The van der Waals surface area contributed by atoms with Crippen molar-refractivity contribution in [2.45, 2.75) is 45.6 Å². The van der Waals surface area contributed by atoms with Gasteiger partial charge in [-0.3, -0.25) is 9.89 Å². The number of H-pyrrole nitrogens is 1. The Labute approximate surface area is 149 Å². The minimum absolute atomic E-state index is 0.00748. The van der Waals surface area contributed by atoms with Crippen LogP contribution in [0.2, 0.25) is 0 Å². The van der Waals surface area contributed by atoms with Crippen LogP contribution in [-0.4, -0.2) is 35.2 Å². The van der Waals surface area contributed by atoms with Gasteiger partial charge in [0.15, 0.2) is 0 Å². The zero-order valence-corrected chi connectivity index (χ0v) is 15.1. The molecule has 1 aromatic carbocycles. The van der Waals surface area contributed by atoms with E-state index < -0.39 is 0 Å². The van der Waals surface area contributed by atoms with Gasteiger partial charge in [0.25, 0.3) is 5.91 Å². The summed E-state index contributed by atoms with van der Waals surface area (Å²) < 4.78 is 0. The maximum absolute atomic E-state index is 12.5. The Kier molecular flexibility index (Phi) is 5.87. The van der Waals surface area contributed by atoms with Crippen molar-refractivity contribution >= 4 is 5.91 Å². The number of benzene rings is 1. The molecule has 0 aliphatic carbocycles. The van der Waals surface area contributed by atoms with E-state index >= 15 is 0 Å². The highest BCUT2D eigenvalue weighted by Crippen LogP contribution is 2.19. The van der Waals surface area contributed by atoms with Crippen LogP contribution in [0.4, 0.5) is 0 Å². The van der Waals surface area contributed by atoms with Crippen molar-refractivity contribution in [2.75, 3.05) is 13.1 Å². The van der Waals surface area contributed by atoms with E-state index in [-0.39, 0.29) is 11.9 Å². The van der Waals surface area contributed by atoms with E-state index in [0.717, 1.165) is 48.8 Å². The molecule has 1 aliphatic heterocycles. The first-order valence-corrected chi connectivity index (χ1v) is 9.21. The first-order chi connectivity index (χ1) is 12.1. The molecule has 0 spiro atoms. The van der Waals surface area contributed by atoms with Gasteiger partial charge in [-0.15, -0.1) is 0 Å². The third-order valence-corrected chi connectivity index (χ3v) is 4.82. The fourth-order valence-corrected chi connectivity index (χ4v) is 3.51. The summed E-state index contributed by atoms with van der Waals surface area (Å²) in [6.07, 6.45) is 4.23. The van der Waals surface area contributed by atoms with Crippen molar-refractivity contribution in [3.05, 3.63) is 52.8 Å². The van der Waals surface area contributed by atoms with Gasteiger partial charge in [-0.2, -0.15) is 5.10 Å². The maximum atomic E-state index is 12.5. The third-order valence-electron chi connectivity index (χ3n) is 4.82. The lowest BCUT2D eigenvalue weighted by Crippen LogP contribution is -2.34.